The highest BCUT2D eigenvalue weighted by Gasteiger charge is 2.20. The number of rotatable bonds is 4. The molecule has 3 rings (SSSR count). The molecule has 1 unspecified atom stereocenters. The van der Waals surface area contributed by atoms with E-state index in [0.29, 0.717) is 5.82 Å². The Morgan fingerprint density at radius 3 is 2.46 bits per heavy atom. The molecule has 0 radical (unpaired) electrons. The number of nitrogens with zero attached hydrogens (tertiary/aromatic N) is 2. The van der Waals surface area contributed by atoms with Gasteiger partial charge < -0.3 is 9.67 Å². The minimum Gasteiger partial charge on any atom is -0.480 e. The zero-order valence-corrected chi connectivity index (χ0v) is 14.0. The van der Waals surface area contributed by atoms with Crippen molar-refractivity contribution in [2.75, 3.05) is 0 Å². The number of aromatic nitrogens is 2. The molecule has 0 bridgehead atoms. The molecule has 1 atom stereocenters. The lowest BCUT2D eigenvalue weighted by Gasteiger charge is -2.12. The second kappa shape index (κ2) is 6.32. The summed E-state index contributed by atoms with van der Waals surface area (Å²) in [7, 11) is 0. The van der Waals surface area contributed by atoms with Crippen LogP contribution in [0.25, 0.3) is 23.2 Å². The minimum absolute atomic E-state index is 0.647. The number of carbonyl (C=O) groups is 1. The summed E-state index contributed by atoms with van der Waals surface area (Å²) < 4.78 is 1.78. The van der Waals surface area contributed by atoms with Crippen molar-refractivity contribution in [1.29, 1.82) is 0 Å². The highest BCUT2D eigenvalue weighted by atomic mass is 16.4. The average molecular weight is 320 g/mol. The van der Waals surface area contributed by atoms with E-state index in [2.05, 4.69) is 4.98 Å². The lowest BCUT2D eigenvalue weighted by atomic mass is 10.1. The fourth-order valence-corrected chi connectivity index (χ4v) is 2.74. The van der Waals surface area contributed by atoms with E-state index in [0.717, 1.165) is 27.7 Å². The number of carboxylic acid groups (broad SMARTS) is 1. The zero-order valence-electron chi connectivity index (χ0n) is 14.0. The van der Waals surface area contributed by atoms with E-state index in [-0.39, 0.29) is 0 Å². The van der Waals surface area contributed by atoms with Crippen molar-refractivity contribution in [3.05, 3.63) is 65.0 Å². The van der Waals surface area contributed by atoms with E-state index in [9.17, 15) is 9.90 Å². The van der Waals surface area contributed by atoms with E-state index in [1.165, 1.54) is 0 Å². The second-order valence-electron chi connectivity index (χ2n) is 6.02. The van der Waals surface area contributed by atoms with Gasteiger partial charge in [0.2, 0.25) is 0 Å². The van der Waals surface area contributed by atoms with Crippen LogP contribution in [-0.2, 0) is 4.79 Å². The van der Waals surface area contributed by atoms with Gasteiger partial charge in [-0.1, -0.05) is 36.4 Å². The molecular formula is C20H20N2O2. The summed E-state index contributed by atoms with van der Waals surface area (Å²) in [5.74, 6) is -0.226. The predicted octanol–water partition coefficient (Wildman–Crippen LogP) is 4.47. The number of aliphatic carboxylic acids is 1. The van der Waals surface area contributed by atoms with Crippen LogP contribution >= 0.6 is 0 Å². The number of benzene rings is 2. The van der Waals surface area contributed by atoms with Crippen LogP contribution in [0.1, 0.15) is 35.5 Å². The standard InChI is InChI=1S/C20H20N2O2/c1-13-11-17-18(12-14(13)2)22(15(3)20(23)24)19(21-17)10-9-16-7-5-4-6-8-16/h4-12,15H,1-3H3,(H,23,24)/b10-9+. The highest BCUT2D eigenvalue weighted by molar-refractivity contribution is 5.84. The van der Waals surface area contributed by atoms with Crippen LogP contribution in [0.5, 0.6) is 0 Å². The molecular weight excluding hydrogens is 300 g/mol. The van der Waals surface area contributed by atoms with Gasteiger partial charge in [0, 0.05) is 0 Å². The Labute approximate surface area is 141 Å². The highest BCUT2D eigenvalue weighted by Crippen LogP contribution is 2.25. The third-order valence-corrected chi connectivity index (χ3v) is 4.30. The normalized spacial score (nSPS) is 12.8. The van der Waals surface area contributed by atoms with E-state index in [4.69, 9.17) is 0 Å². The number of carboxylic acids is 1. The lowest BCUT2D eigenvalue weighted by Crippen LogP contribution is -2.16. The number of aryl methyl sites for hydroxylation is 2. The first-order valence-corrected chi connectivity index (χ1v) is 7.92. The molecule has 1 heterocycles. The topological polar surface area (TPSA) is 55.1 Å². The van der Waals surface area contributed by atoms with Gasteiger partial charge in [-0.25, -0.2) is 9.78 Å². The van der Waals surface area contributed by atoms with E-state index in [1.807, 2.05) is 68.5 Å². The fraction of sp³-hybridized carbons (Fsp3) is 0.200. The summed E-state index contributed by atoms with van der Waals surface area (Å²) >= 11 is 0. The molecule has 3 aromatic rings. The van der Waals surface area contributed by atoms with Gasteiger partial charge >= 0.3 is 5.97 Å². The van der Waals surface area contributed by atoms with Crippen molar-refractivity contribution in [2.45, 2.75) is 26.8 Å². The van der Waals surface area contributed by atoms with E-state index < -0.39 is 12.0 Å². The molecule has 0 saturated heterocycles. The van der Waals surface area contributed by atoms with Gasteiger partial charge in [0.1, 0.15) is 11.9 Å². The quantitative estimate of drug-likeness (QED) is 0.771. The summed E-state index contributed by atoms with van der Waals surface area (Å²) in [5.41, 5.74) is 4.99. The summed E-state index contributed by atoms with van der Waals surface area (Å²) in [6.45, 7) is 5.74. The number of hydrogen-bond acceptors (Lipinski definition) is 2. The molecule has 122 valence electrons. The van der Waals surface area contributed by atoms with Gasteiger partial charge in [0.05, 0.1) is 11.0 Å². The molecule has 4 heteroatoms. The SMILES string of the molecule is Cc1cc2nc(/C=C/c3ccccc3)n(C(C)C(=O)O)c2cc1C. The smallest absolute Gasteiger partial charge is 0.326 e. The molecule has 0 aliphatic carbocycles. The lowest BCUT2D eigenvalue weighted by molar-refractivity contribution is -0.140. The van der Waals surface area contributed by atoms with Gasteiger partial charge in [-0.2, -0.15) is 0 Å². The molecule has 1 aromatic heterocycles. The van der Waals surface area contributed by atoms with Gasteiger partial charge in [0.25, 0.3) is 0 Å². The monoisotopic (exact) mass is 320 g/mol. The average Bonchev–Trinajstić information content (AvgIpc) is 2.90. The molecule has 0 saturated carbocycles. The van der Waals surface area contributed by atoms with Crippen LogP contribution in [0, 0.1) is 13.8 Å². The maximum Gasteiger partial charge on any atom is 0.326 e. The van der Waals surface area contributed by atoms with Crippen LogP contribution < -0.4 is 0 Å². The Morgan fingerprint density at radius 2 is 1.79 bits per heavy atom. The molecule has 0 fully saturated rings. The van der Waals surface area contributed by atoms with Crippen molar-refractivity contribution in [3.63, 3.8) is 0 Å². The molecule has 0 spiro atoms. The van der Waals surface area contributed by atoms with Crippen LogP contribution in [-0.4, -0.2) is 20.6 Å². The minimum atomic E-state index is -0.873. The van der Waals surface area contributed by atoms with Crippen LogP contribution in [0.4, 0.5) is 0 Å². The molecule has 0 aliphatic heterocycles. The van der Waals surface area contributed by atoms with Gasteiger partial charge in [-0.05, 0) is 55.7 Å². The largest absolute Gasteiger partial charge is 0.480 e. The summed E-state index contributed by atoms with van der Waals surface area (Å²) in [5, 5.41) is 9.47. The Morgan fingerprint density at radius 1 is 1.12 bits per heavy atom. The zero-order chi connectivity index (χ0) is 17.3. The summed E-state index contributed by atoms with van der Waals surface area (Å²) in [6, 6.07) is 13.2. The Hall–Kier alpha value is -2.88. The maximum atomic E-state index is 11.5. The third-order valence-electron chi connectivity index (χ3n) is 4.30. The Balaban J connectivity index is 2.17. The predicted molar refractivity (Wildman–Crippen MR) is 96.9 cm³/mol. The van der Waals surface area contributed by atoms with E-state index >= 15 is 0 Å². The van der Waals surface area contributed by atoms with Crippen LogP contribution in [0.2, 0.25) is 0 Å². The van der Waals surface area contributed by atoms with Crippen molar-refractivity contribution in [1.82, 2.24) is 9.55 Å². The van der Waals surface area contributed by atoms with E-state index in [1.54, 1.807) is 11.5 Å². The van der Waals surface area contributed by atoms with Gasteiger partial charge in [0.15, 0.2) is 0 Å². The molecule has 2 aromatic carbocycles. The summed E-state index contributed by atoms with van der Waals surface area (Å²) in [6.07, 6.45) is 3.82. The molecule has 0 amide bonds. The van der Waals surface area contributed by atoms with Crippen molar-refractivity contribution < 1.29 is 9.90 Å². The maximum absolute atomic E-state index is 11.5. The third kappa shape index (κ3) is 2.95. The fourth-order valence-electron chi connectivity index (χ4n) is 2.74. The first-order valence-electron chi connectivity index (χ1n) is 7.92. The molecule has 4 nitrogen and oxygen atoms in total. The summed E-state index contributed by atoms with van der Waals surface area (Å²) in [4.78, 5) is 16.2. The Bertz CT molecular complexity index is 924. The molecule has 24 heavy (non-hydrogen) atoms. The Kier molecular flexibility index (Phi) is 4.21. The number of imidazole rings is 1. The first kappa shape index (κ1) is 16.0. The number of hydrogen-bond donors (Lipinski definition) is 1. The van der Waals surface area contributed by atoms with Crippen molar-refractivity contribution in [3.8, 4) is 0 Å². The van der Waals surface area contributed by atoms with Gasteiger partial charge in [-0.15, -0.1) is 0 Å². The van der Waals surface area contributed by atoms with Crippen molar-refractivity contribution >= 4 is 29.2 Å². The van der Waals surface area contributed by atoms with Gasteiger partial charge in [-0.3, -0.25) is 0 Å². The molecule has 1 N–H and O–H groups in total. The first-order chi connectivity index (χ1) is 11.5. The van der Waals surface area contributed by atoms with Crippen molar-refractivity contribution in [2.24, 2.45) is 0 Å². The van der Waals surface area contributed by atoms with Crippen LogP contribution in [0.15, 0.2) is 42.5 Å². The molecule has 0 aliphatic rings. The second-order valence-corrected chi connectivity index (χ2v) is 6.02. The number of fused-ring (bicyclic) bond motifs is 1. The van der Waals surface area contributed by atoms with Crippen LogP contribution in [0.3, 0.4) is 0 Å².